The lowest BCUT2D eigenvalue weighted by Gasteiger charge is -2.12. The summed E-state index contributed by atoms with van der Waals surface area (Å²) in [7, 11) is 0. The van der Waals surface area contributed by atoms with Crippen molar-refractivity contribution in [3.05, 3.63) is 83.9 Å². The molecule has 4 aromatic rings. The normalized spacial score (nSPS) is 12.3. The number of hydrogen-bond donors (Lipinski definition) is 0. The van der Waals surface area contributed by atoms with Crippen LogP contribution in [0.25, 0.3) is 22.8 Å². The van der Waals surface area contributed by atoms with E-state index < -0.39 is 0 Å². The lowest BCUT2D eigenvalue weighted by molar-refractivity contribution is 0.303. The van der Waals surface area contributed by atoms with Crippen LogP contribution in [0.2, 0.25) is 0 Å². The molecule has 2 aromatic carbocycles. The summed E-state index contributed by atoms with van der Waals surface area (Å²) in [5, 5.41) is 0. The quantitative estimate of drug-likeness (QED) is 0.0559. The molecule has 326 valence electrons. The van der Waals surface area contributed by atoms with Crippen molar-refractivity contribution < 1.29 is 18.3 Å². The van der Waals surface area contributed by atoms with Gasteiger partial charge in [-0.1, -0.05) is 139 Å². The summed E-state index contributed by atoms with van der Waals surface area (Å²) in [6, 6.07) is 9.90. The van der Waals surface area contributed by atoms with Gasteiger partial charge in [-0.2, -0.15) is 0 Å². The molecule has 8 heteroatoms. The highest BCUT2D eigenvalue weighted by Gasteiger charge is 2.13. The Labute approximate surface area is 356 Å². The van der Waals surface area contributed by atoms with Crippen LogP contribution in [-0.4, -0.2) is 33.1 Å². The van der Waals surface area contributed by atoms with Gasteiger partial charge in [-0.25, -0.2) is 28.7 Å². The van der Waals surface area contributed by atoms with Gasteiger partial charge in [-0.15, -0.1) is 0 Å². The van der Waals surface area contributed by atoms with Gasteiger partial charge in [-0.05, 0) is 84.7 Å². The van der Waals surface area contributed by atoms with Gasteiger partial charge in [0.1, 0.15) is 23.1 Å². The molecule has 2 atom stereocenters. The average Bonchev–Trinajstić information content (AvgIpc) is 3.20. The summed E-state index contributed by atoms with van der Waals surface area (Å²) in [5.74, 6) is 4.03. The van der Waals surface area contributed by atoms with E-state index in [0.29, 0.717) is 59.3 Å². The van der Waals surface area contributed by atoms with Gasteiger partial charge in [0, 0.05) is 36.9 Å². The molecule has 0 aliphatic rings. The zero-order chi connectivity index (χ0) is 42.8. The fourth-order valence-electron chi connectivity index (χ4n) is 7.10. The summed E-state index contributed by atoms with van der Waals surface area (Å²) in [5.41, 5.74) is 3.05. The van der Waals surface area contributed by atoms with Crippen LogP contribution >= 0.6 is 0 Å². The maximum absolute atomic E-state index is 14.6. The monoisotopic (exact) mass is 815 g/mol. The Balaban J connectivity index is 0.000000316. The third-order valence-electron chi connectivity index (χ3n) is 10.7. The number of aromatic nitrogens is 4. The van der Waals surface area contributed by atoms with E-state index in [4.69, 9.17) is 9.47 Å². The third kappa shape index (κ3) is 20.3. The molecule has 59 heavy (non-hydrogen) atoms. The van der Waals surface area contributed by atoms with Crippen molar-refractivity contribution in [2.24, 2.45) is 23.7 Å². The Morgan fingerprint density at radius 1 is 0.475 bits per heavy atom. The molecule has 0 saturated carbocycles. The summed E-state index contributed by atoms with van der Waals surface area (Å²) < 4.78 is 40.4. The van der Waals surface area contributed by atoms with Crippen LogP contribution < -0.4 is 9.47 Å². The first-order chi connectivity index (χ1) is 28.5. The van der Waals surface area contributed by atoms with E-state index in [0.717, 1.165) is 61.5 Å². The van der Waals surface area contributed by atoms with Crippen LogP contribution in [0.5, 0.6) is 11.5 Å². The molecule has 0 aliphatic carbocycles. The molecule has 0 amide bonds. The van der Waals surface area contributed by atoms with E-state index >= 15 is 0 Å². The maximum Gasteiger partial charge on any atom is 0.162 e. The minimum atomic E-state index is -0.342. The molecule has 2 heterocycles. The van der Waals surface area contributed by atoms with Crippen LogP contribution in [0.4, 0.5) is 8.78 Å². The number of halogens is 2. The number of benzene rings is 2. The van der Waals surface area contributed by atoms with E-state index in [1.807, 2.05) is 24.8 Å². The largest absolute Gasteiger partial charge is 0.493 e. The van der Waals surface area contributed by atoms with Crippen molar-refractivity contribution in [2.45, 2.75) is 165 Å². The SMILES string of the molecule is CCCCCCCOc1ccc(-c2ncc(CC(C)CCCC(C)C)cn2)c(F)c1.CCCCCCOc1ccc(-c2ncc(CC(C)CCCC(C)C)cn2)c(F)c1. The van der Waals surface area contributed by atoms with Gasteiger partial charge in [0.15, 0.2) is 11.6 Å². The van der Waals surface area contributed by atoms with Crippen LogP contribution in [0, 0.1) is 35.3 Å². The number of rotatable bonds is 27. The Kier molecular flexibility index (Phi) is 23.9. The van der Waals surface area contributed by atoms with Gasteiger partial charge in [0.2, 0.25) is 0 Å². The zero-order valence-electron chi connectivity index (χ0n) is 37.9. The first-order valence-electron chi connectivity index (χ1n) is 23.0. The highest BCUT2D eigenvalue weighted by molar-refractivity contribution is 5.58. The van der Waals surface area contributed by atoms with Crippen LogP contribution in [-0.2, 0) is 12.8 Å². The lowest BCUT2D eigenvalue weighted by Crippen LogP contribution is -2.03. The molecule has 0 saturated heterocycles. The predicted molar refractivity (Wildman–Crippen MR) is 242 cm³/mol. The second kappa shape index (κ2) is 28.5. The van der Waals surface area contributed by atoms with Crippen molar-refractivity contribution >= 4 is 0 Å². The van der Waals surface area contributed by atoms with Gasteiger partial charge in [0.05, 0.1) is 24.3 Å². The number of unbranched alkanes of at least 4 members (excludes halogenated alkanes) is 7. The van der Waals surface area contributed by atoms with E-state index in [2.05, 4.69) is 75.3 Å². The molecule has 0 radical (unpaired) electrons. The standard InChI is InChI=1S/C26H39FN2O.C25H37FN2O/c1-5-6-7-8-9-15-30-23-13-14-24(25(27)17-23)26-28-18-22(19-29-26)16-21(4)12-10-11-20(2)3;1-5-6-7-8-14-29-22-12-13-23(24(26)16-22)25-27-17-21(18-28-25)15-20(4)11-9-10-19(2)3/h13-14,17-21H,5-12,15-16H2,1-4H3;12-13,16-20H,5-11,14-15H2,1-4H3. The summed E-state index contributed by atoms with van der Waals surface area (Å²) in [6.45, 7) is 19.2. The number of ether oxygens (including phenoxy) is 2. The summed E-state index contributed by atoms with van der Waals surface area (Å²) in [4.78, 5) is 17.6. The van der Waals surface area contributed by atoms with Crippen LogP contribution in [0.1, 0.15) is 163 Å². The second-order valence-corrected chi connectivity index (χ2v) is 17.6. The average molecular weight is 815 g/mol. The molecule has 0 spiro atoms. The topological polar surface area (TPSA) is 70.0 Å². The number of nitrogens with zero attached hydrogens (tertiary/aromatic N) is 4. The Morgan fingerprint density at radius 2 is 0.847 bits per heavy atom. The first kappa shape index (κ1) is 49.4. The van der Waals surface area contributed by atoms with Gasteiger partial charge in [0.25, 0.3) is 0 Å². The van der Waals surface area contributed by atoms with Crippen molar-refractivity contribution in [1.82, 2.24) is 19.9 Å². The van der Waals surface area contributed by atoms with E-state index in [-0.39, 0.29) is 11.6 Å². The molecule has 2 aromatic heterocycles. The Bertz CT molecular complexity index is 1700. The fourth-order valence-corrected chi connectivity index (χ4v) is 7.10. The van der Waals surface area contributed by atoms with Gasteiger partial charge < -0.3 is 9.47 Å². The summed E-state index contributed by atoms with van der Waals surface area (Å²) >= 11 is 0. The second-order valence-electron chi connectivity index (χ2n) is 17.6. The molecule has 4 rings (SSSR count). The summed E-state index contributed by atoms with van der Waals surface area (Å²) in [6.07, 6.45) is 27.2. The fraction of sp³-hybridized carbons (Fsp3) is 0.608. The van der Waals surface area contributed by atoms with Crippen LogP contribution in [0.3, 0.4) is 0 Å². The Morgan fingerprint density at radius 3 is 1.20 bits per heavy atom. The third-order valence-corrected chi connectivity index (χ3v) is 10.7. The minimum Gasteiger partial charge on any atom is -0.493 e. The molecule has 0 aliphatic heterocycles. The van der Waals surface area contributed by atoms with E-state index in [1.54, 1.807) is 24.3 Å². The van der Waals surface area contributed by atoms with E-state index in [9.17, 15) is 8.78 Å². The lowest BCUT2D eigenvalue weighted by atomic mass is 9.95. The van der Waals surface area contributed by atoms with Crippen LogP contribution in [0.15, 0.2) is 61.2 Å². The molecule has 0 fully saturated rings. The van der Waals surface area contributed by atoms with Crippen molar-refractivity contribution in [1.29, 1.82) is 0 Å². The van der Waals surface area contributed by atoms with Crippen molar-refractivity contribution in [3.8, 4) is 34.3 Å². The maximum atomic E-state index is 14.6. The first-order valence-corrected chi connectivity index (χ1v) is 23.0. The molecule has 0 bridgehead atoms. The Hall–Kier alpha value is -3.94. The highest BCUT2D eigenvalue weighted by Crippen LogP contribution is 2.26. The molecule has 2 unspecified atom stereocenters. The number of hydrogen-bond acceptors (Lipinski definition) is 6. The van der Waals surface area contributed by atoms with Gasteiger partial charge in [-0.3, -0.25) is 0 Å². The molecular weight excluding hydrogens is 739 g/mol. The molecular formula is C51H76F2N4O2. The smallest absolute Gasteiger partial charge is 0.162 e. The molecule has 0 N–H and O–H groups in total. The molecule has 6 nitrogen and oxygen atoms in total. The minimum absolute atomic E-state index is 0.340. The van der Waals surface area contributed by atoms with Crippen molar-refractivity contribution in [2.75, 3.05) is 13.2 Å². The van der Waals surface area contributed by atoms with Gasteiger partial charge >= 0.3 is 0 Å². The highest BCUT2D eigenvalue weighted by atomic mass is 19.1. The van der Waals surface area contributed by atoms with Crippen molar-refractivity contribution in [3.63, 3.8) is 0 Å². The predicted octanol–water partition coefficient (Wildman–Crippen LogP) is 14.9. The zero-order valence-corrected chi connectivity index (χ0v) is 37.9. The van der Waals surface area contributed by atoms with E-state index in [1.165, 1.54) is 82.8 Å².